The van der Waals surface area contributed by atoms with Gasteiger partial charge in [-0.3, -0.25) is 9.59 Å². The number of halogens is 1. The van der Waals surface area contributed by atoms with Crippen molar-refractivity contribution in [2.45, 2.75) is 63.6 Å². The first-order chi connectivity index (χ1) is 15.6. The van der Waals surface area contributed by atoms with E-state index in [9.17, 15) is 14.0 Å². The molecule has 2 amide bonds. The van der Waals surface area contributed by atoms with Crippen LogP contribution in [0.2, 0.25) is 0 Å². The Kier molecular flexibility index (Phi) is 6.38. The molecule has 1 saturated heterocycles. The van der Waals surface area contributed by atoms with Gasteiger partial charge in [0.2, 0.25) is 11.8 Å². The van der Waals surface area contributed by atoms with Gasteiger partial charge in [-0.15, -0.1) is 0 Å². The van der Waals surface area contributed by atoms with Crippen molar-refractivity contribution in [2.75, 3.05) is 12.3 Å². The number of fused-ring (bicyclic) bond motifs is 1. The molecule has 4 atom stereocenters. The third-order valence-electron chi connectivity index (χ3n) is 6.72. The van der Waals surface area contributed by atoms with Gasteiger partial charge >= 0.3 is 0 Å². The van der Waals surface area contributed by atoms with Crippen molar-refractivity contribution in [3.63, 3.8) is 0 Å². The Morgan fingerprint density at radius 1 is 1.24 bits per heavy atom. The highest BCUT2D eigenvalue weighted by molar-refractivity contribution is 5.90. The highest BCUT2D eigenvalue weighted by atomic mass is 19.1. The molecule has 0 radical (unpaired) electrons. The van der Waals surface area contributed by atoms with Gasteiger partial charge in [0, 0.05) is 5.41 Å². The molecule has 33 heavy (non-hydrogen) atoms. The standard InChI is InChI=1S/C25H32FN5O2/c1-14(23(32)30-20-12-25(2,3)22-18(20)8-9-21(27)31-22)29-24(33)19-11-16(13-28-19)10-15-4-6-17(26)7-5-15/h4-9,14,16,19-20,28H,10-13H2,1-3H3,(H2,27,31)(H,29,33)(H,30,32)/t14-,16-,19+,20-/m0/s1. The summed E-state index contributed by atoms with van der Waals surface area (Å²) in [6, 6.07) is 8.97. The van der Waals surface area contributed by atoms with Gasteiger partial charge in [-0.05, 0) is 68.0 Å². The van der Waals surface area contributed by atoms with Crippen molar-refractivity contribution in [3.05, 3.63) is 59.0 Å². The van der Waals surface area contributed by atoms with Crippen molar-refractivity contribution in [1.82, 2.24) is 20.9 Å². The quantitative estimate of drug-likeness (QED) is 0.537. The number of amides is 2. The number of carbonyl (C=O) groups is 2. The molecule has 1 aliphatic carbocycles. The van der Waals surface area contributed by atoms with E-state index in [4.69, 9.17) is 5.73 Å². The second kappa shape index (κ2) is 9.09. The highest BCUT2D eigenvalue weighted by Crippen LogP contribution is 2.43. The van der Waals surface area contributed by atoms with Gasteiger partial charge in [0.1, 0.15) is 17.7 Å². The number of rotatable bonds is 6. The van der Waals surface area contributed by atoms with E-state index in [-0.39, 0.29) is 41.0 Å². The summed E-state index contributed by atoms with van der Waals surface area (Å²) in [5.74, 6) is 0.0946. The average Bonchev–Trinajstić information content (AvgIpc) is 3.32. The summed E-state index contributed by atoms with van der Waals surface area (Å²) >= 11 is 0. The van der Waals surface area contributed by atoms with Gasteiger partial charge in [-0.2, -0.15) is 0 Å². The molecule has 4 rings (SSSR count). The van der Waals surface area contributed by atoms with E-state index in [0.29, 0.717) is 18.8 Å². The fraction of sp³-hybridized carbons (Fsp3) is 0.480. The summed E-state index contributed by atoms with van der Waals surface area (Å²) in [6.45, 7) is 6.58. The number of pyridine rings is 1. The van der Waals surface area contributed by atoms with Crippen molar-refractivity contribution in [2.24, 2.45) is 5.92 Å². The number of hydrogen-bond acceptors (Lipinski definition) is 5. The van der Waals surface area contributed by atoms with Crippen LogP contribution in [0, 0.1) is 11.7 Å². The van der Waals surface area contributed by atoms with Crippen LogP contribution in [0.25, 0.3) is 0 Å². The molecule has 1 aliphatic heterocycles. The third-order valence-corrected chi connectivity index (χ3v) is 6.72. The van der Waals surface area contributed by atoms with Gasteiger partial charge in [0.25, 0.3) is 0 Å². The Labute approximate surface area is 193 Å². The summed E-state index contributed by atoms with van der Waals surface area (Å²) in [4.78, 5) is 30.1. The molecule has 0 unspecified atom stereocenters. The smallest absolute Gasteiger partial charge is 0.242 e. The maximum absolute atomic E-state index is 13.1. The van der Waals surface area contributed by atoms with E-state index in [1.807, 2.05) is 6.07 Å². The minimum Gasteiger partial charge on any atom is -0.384 e. The molecule has 1 fully saturated rings. The van der Waals surface area contributed by atoms with Gasteiger partial charge in [0.05, 0.1) is 17.8 Å². The molecular formula is C25H32FN5O2. The molecule has 0 spiro atoms. The van der Waals surface area contributed by atoms with Crippen molar-refractivity contribution in [3.8, 4) is 0 Å². The first-order valence-electron chi connectivity index (χ1n) is 11.5. The zero-order valence-electron chi connectivity index (χ0n) is 19.3. The van der Waals surface area contributed by atoms with E-state index < -0.39 is 6.04 Å². The Morgan fingerprint density at radius 2 is 1.97 bits per heavy atom. The summed E-state index contributed by atoms with van der Waals surface area (Å²) in [5, 5.41) is 9.16. The van der Waals surface area contributed by atoms with Crippen LogP contribution in [0.1, 0.15) is 56.5 Å². The van der Waals surface area contributed by atoms with Crippen LogP contribution in [0.3, 0.4) is 0 Å². The lowest BCUT2D eigenvalue weighted by Crippen LogP contribution is -2.50. The number of nitrogens with two attached hydrogens (primary N) is 1. The number of nitrogens with one attached hydrogen (secondary N) is 3. The van der Waals surface area contributed by atoms with Gasteiger partial charge in [-0.25, -0.2) is 9.37 Å². The predicted molar refractivity (Wildman–Crippen MR) is 125 cm³/mol. The van der Waals surface area contributed by atoms with E-state index in [0.717, 1.165) is 29.7 Å². The molecule has 1 aromatic heterocycles. The largest absolute Gasteiger partial charge is 0.384 e. The number of hydrogen-bond donors (Lipinski definition) is 4. The summed E-state index contributed by atoms with van der Waals surface area (Å²) in [7, 11) is 0. The molecule has 0 bridgehead atoms. The number of anilines is 1. The van der Waals surface area contributed by atoms with Crippen LogP contribution in [0.5, 0.6) is 0 Å². The molecule has 0 saturated carbocycles. The van der Waals surface area contributed by atoms with E-state index in [1.54, 1.807) is 25.1 Å². The number of nitrogen functional groups attached to an aromatic ring is 1. The Morgan fingerprint density at radius 3 is 2.70 bits per heavy atom. The minimum atomic E-state index is -0.663. The summed E-state index contributed by atoms with van der Waals surface area (Å²) < 4.78 is 13.1. The monoisotopic (exact) mass is 453 g/mol. The lowest BCUT2D eigenvalue weighted by Gasteiger charge is -2.21. The summed E-state index contributed by atoms with van der Waals surface area (Å²) in [5.41, 5.74) is 8.59. The van der Waals surface area contributed by atoms with E-state index in [2.05, 4.69) is 34.8 Å². The lowest BCUT2D eigenvalue weighted by atomic mass is 9.90. The fourth-order valence-corrected chi connectivity index (χ4v) is 4.95. The fourth-order valence-electron chi connectivity index (χ4n) is 4.95. The van der Waals surface area contributed by atoms with Crippen LogP contribution in [0.15, 0.2) is 36.4 Å². The molecule has 1 aromatic carbocycles. The number of carbonyl (C=O) groups excluding carboxylic acids is 2. The van der Waals surface area contributed by atoms with Crippen LogP contribution >= 0.6 is 0 Å². The third kappa shape index (κ3) is 5.16. The molecule has 2 aliphatic rings. The van der Waals surface area contributed by atoms with Crippen molar-refractivity contribution < 1.29 is 14.0 Å². The topological polar surface area (TPSA) is 109 Å². The highest BCUT2D eigenvalue weighted by Gasteiger charge is 2.40. The minimum absolute atomic E-state index is 0.167. The molecule has 8 heteroatoms. The lowest BCUT2D eigenvalue weighted by molar-refractivity contribution is -0.129. The molecule has 5 N–H and O–H groups in total. The number of nitrogens with zero attached hydrogens (tertiary/aromatic N) is 1. The van der Waals surface area contributed by atoms with E-state index in [1.165, 1.54) is 12.1 Å². The van der Waals surface area contributed by atoms with Crippen LogP contribution in [-0.4, -0.2) is 35.4 Å². The molecule has 7 nitrogen and oxygen atoms in total. The zero-order valence-corrected chi connectivity index (χ0v) is 19.3. The van der Waals surface area contributed by atoms with Crippen molar-refractivity contribution >= 4 is 17.6 Å². The van der Waals surface area contributed by atoms with Crippen LogP contribution < -0.4 is 21.7 Å². The molecule has 2 aromatic rings. The predicted octanol–water partition coefficient (Wildman–Crippen LogP) is 2.37. The van der Waals surface area contributed by atoms with Crippen LogP contribution in [0.4, 0.5) is 10.2 Å². The van der Waals surface area contributed by atoms with Gasteiger partial charge < -0.3 is 21.7 Å². The second-order valence-electron chi connectivity index (χ2n) is 9.95. The zero-order chi connectivity index (χ0) is 23.8. The number of benzene rings is 1. The van der Waals surface area contributed by atoms with Crippen LogP contribution in [-0.2, 0) is 21.4 Å². The average molecular weight is 454 g/mol. The first kappa shape index (κ1) is 23.2. The summed E-state index contributed by atoms with van der Waals surface area (Å²) in [6.07, 6.45) is 2.18. The van der Waals surface area contributed by atoms with Crippen molar-refractivity contribution in [1.29, 1.82) is 0 Å². The Bertz CT molecular complexity index is 1040. The maximum Gasteiger partial charge on any atom is 0.242 e. The second-order valence-corrected chi connectivity index (χ2v) is 9.95. The molecule has 2 heterocycles. The SMILES string of the molecule is C[C@H](NC(=O)[C@H]1C[C@H](Cc2ccc(F)cc2)CN1)C(=O)N[C@H]1CC(C)(C)c2nc(N)ccc21. The van der Waals surface area contributed by atoms with Gasteiger partial charge in [-0.1, -0.05) is 32.0 Å². The number of aromatic nitrogens is 1. The van der Waals surface area contributed by atoms with Gasteiger partial charge in [0.15, 0.2) is 0 Å². The molecular weight excluding hydrogens is 421 g/mol. The maximum atomic E-state index is 13.1. The van der Waals surface area contributed by atoms with E-state index >= 15 is 0 Å². The molecule has 176 valence electrons. The Hall–Kier alpha value is -3.00. The first-order valence-corrected chi connectivity index (χ1v) is 11.5. The normalized spacial score (nSPS) is 24.2. The Balaban J connectivity index is 1.30.